The summed E-state index contributed by atoms with van der Waals surface area (Å²) in [5, 5.41) is 11.2. The van der Waals surface area contributed by atoms with Crippen molar-refractivity contribution in [2.75, 3.05) is 13.2 Å². The predicted octanol–water partition coefficient (Wildman–Crippen LogP) is 2.30. The van der Waals surface area contributed by atoms with Gasteiger partial charge in [-0.3, -0.25) is 4.79 Å². The number of hydrogen-bond donors (Lipinski definition) is 2. The highest BCUT2D eigenvalue weighted by Gasteiger charge is 2.41. The molecule has 1 amide bonds. The van der Waals surface area contributed by atoms with Crippen molar-refractivity contribution in [2.45, 2.75) is 31.7 Å². The summed E-state index contributed by atoms with van der Waals surface area (Å²) in [6, 6.07) is -0.0942. The second-order valence-corrected chi connectivity index (χ2v) is 6.08. The van der Waals surface area contributed by atoms with Crippen molar-refractivity contribution >= 4 is 23.2 Å². The van der Waals surface area contributed by atoms with Crippen LogP contribution in [-0.2, 0) is 4.74 Å². The van der Waals surface area contributed by atoms with Gasteiger partial charge in [0.05, 0.1) is 18.2 Å². The van der Waals surface area contributed by atoms with E-state index in [0.29, 0.717) is 4.88 Å². The molecule has 0 aliphatic carbocycles. The van der Waals surface area contributed by atoms with E-state index in [9.17, 15) is 18.4 Å². The lowest BCUT2D eigenvalue weighted by Gasteiger charge is -2.24. The van der Waals surface area contributed by atoms with Crippen LogP contribution in [0.5, 0.6) is 0 Å². The number of hydrogen-bond acceptors (Lipinski definition) is 4. The Kier molecular flexibility index (Phi) is 4.58. The largest absolute Gasteiger partial charge is 0.477 e. The van der Waals surface area contributed by atoms with Crippen LogP contribution in [0.25, 0.3) is 0 Å². The molecular formula is C13H15F2NO4S. The van der Waals surface area contributed by atoms with Crippen molar-refractivity contribution < 1.29 is 28.2 Å². The molecule has 1 atom stereocenters. The van der Waals surface area contributed by atoms with Crippen LogP contribution in [0.3, 0.4) is 0 Å². The average Bonchev–Trinajstić information content (AvgIpc) is 2.71. The molecule has 5 nitrogen and oxygen atoms in total. The number of ether oxygens (including phenoxy) is 1. The topological polar surface area (TPSA) is 75.6 Å². The number of halogens is 2. The molecule has 2 N–H and O–H groups in total. The van der Waals surface area contributed by atoms with Crippen LogP contribution >= 0.6 is 11.3 Å². The number of amides is 1. The number of carbonyl (C=O) groups is 2. The number of nitrogens with one attached hydrogen (secondary N) is 1. The van der Waals surface area contributed by atoms with Crippen LogP contribution < -0.4 is 5.32 Å². The third-order valence-corrected chi connectivity index (χ3v) is 4.36. The summed E-state index contributed by atoms with van der Waals surface area (Å²) in [6.07, 6.45) is -0.422. The van der Waals surface area contributed by atoms with E-state index < -0.39 is 30.3 Å². The van der Waals surface area contributed by atoms with Crippen molar-refractivity contribution in [2.24, 2.45) is 0 Å². The monoisotopic (exact) mass is 319 g/mol. The van der Waals surface area contributed by atoms with Gasteiger partial charge in [0.1, 0.15) is 4.88 Å². The maximum atomic E-state index is 13.9. The van der Waals surface area contributed by atoms with Gasteiger partial charge in [-0.25, -0.2) is 13.6 Å². The molecule has 1 fully saturated rings. The minimum absolute atomic E-state index is 0.00797. The third kappa shape index (κ3) is 3.56. The highest BCUT2D eigenvalue weighted by atomic mass is 32.1. The smallest absolute Gasteiger partial charge is 0.345 e. The zero-order valence-corrected chi connectivity index (χ0v) is 12.1. The molecule has 1 aromatic heterocycles. The molecule has 1 unspecified atom stereocenters. The SMILES string of the molecule is Cc1sc(C(=O)O)cc1C(=O)NC1CCOCCC1(F)F. The number of carboxylic acids is 1. The minimum atomic E-state index is -3.04. The van der Waals surface area contributed by atoms with Gasteiger partial charge in [-0.15, -0.1) is 11.3 Å². The lowest BCUT2D eigenvalue weighted by atomic mass is 10.0. The molecule has 0 saturated carbocycles. The van der Waals surface area contributed by atoms with E-state index in [2.05, 4.69) is 5.32 Å². The summed E-state index contributed by atoms with van der Waals surface area (Å²) in [5.41, 5.74) is 0.123. The Labute approximate surface area is 123 Å². The Morgan fingerprint density at radius 1 is 1.48 bits per heavy atom. The van der Waals surface area contributed by atoms with Crippen molar-refractivity contribution in [3.63, 3.8) is 0 Å². The molecule has 1 aromatic rings. The van der Waals surface area contributed by atoms with Crippen LogP contribution in [0.4, 0.5) is 8.78 Å². The molecule has 2 heterocycles. The quantitative estimate of drug-likeness (QED) is 0.896. The van der Waals surface area contributed by atoms with Crippen LogP contribution in [0.1, 0.15) is 37.7 Å². The van der Waals surface area contributed by atoms with E-state index in [0.717, 1.165) is 11.3 Å². The van der Waals surface area contributed by atoms with Gasteiger partial charge in [0, 0.05) is 17.9 Å². The molecule has 0 bridgehead atoms. The number of thiophene rings is 1. The Morgan fingerprint density at radius 2 is 2.19 bits per heavy atom. The second-order valence-electron chi connectivity index (χ2n) is 4.82. The van der Waals surface area contributed by atoms with Gasteiger partial charge in [-0.05, 0) is 19.4 Å². The molecule has 8 heteroatoms. The summed E-state index contributed by atoms with van der Waals surface area (Å²) >= 11 is 0.944. The van der Waals surface area contributed by atoms with Crippen LogP contribution in [0.2, 0.25) is 0 Å². The first-order chi connectivity index (χ1) is 9.81. The number of aryl methyl sites for hydroxylation is 1. The van der Waals surface area contributed by atoms with E-state index in [-0.39, 0.29) is 30.1 Å². The lowest BCUT2D eigenvalue weighted by molar-refractivity contribution is -0.0419. The molecule has 0 radical (unpaired) electrons. The predicted molar refractivity (Wildman–Crippen MR) is 72.3 cm³/mol. The highest BCUT2D eigenvalue weighted by molar-refractivity contribution is 7.14. The number of alkyl halides is 2. The first-order valence-corrected chi connectivity index (χ1v) is 7.23. The summed E-state index contributed by atoms with van der Waals surface area (Å²) in [4.78, 5) is 23.5. The maximum absolute atomic E-state index is 13.9. The summed E-state index contributed by atoms with van der Waals surface area (Å²) < 4.78 is 32.7. The molecule has 2 rings (SSSR count). The first kappa shape index (κ1) is 15.8. The zero-order chi connectivity index (χ0) is 15.6. The van der Waals surface area contributed by atoms with Crippen molar-refractivity contribution in [1.82, 2.24) is 5.32 Å². The van der Waals surface area contributed by atoms with Gasteiger partial charge in [0.25, 0.3) is 11.8 Å². The van der Waals surface area contributed by atoms with E-state index >= 15 is 0 Å². The Balaban J connectivity index is 2.15. The van der Waals surface area contributed by atoms with Crippen molar-refractivity contribution in [3.05, 3.63) is 21.4 Å². The number of carbonyl (C=O) groups excluding carboxylic acids is 1. The Hall–Kier alpha value is -1.54. The molecular weight excluding hydrogens is 304 g/mol. The summed E-state index contributed by atoms with van der Waals surface area (Å²) in [5.74, 6) is -4.86. The normalized spacial score (nSPS) is 21.6. The summed E-state index contributed by atoms with van der Waals surface area (Å²) in [7, 11) is 0. The second kappa shape index (κ2) is 6.07. The lowest BCUT2D eigenvalue weighted by Crippen LogP contribution is -2.47. The van der Waals surface area contributed by atoms with Gasteiger partial charge < -0.3 is 15.2 Å². The van der Waals surface area contributed by atoms with E-state index in [1.165, 1.54) is 6.07 Å². The molecule has 1 aliphatic rings. The Morgan fingerprint density at radius 3 is 2.81 bits per heavy atom. The van der Waals surface area contributed by atoms with Crippen LogP contribution in [-0.4, -0.2) is 42.2 Å². The van der Waals surface area contributed by atoms with Gasteiger partial charge in [-0.1, -0.05) is 0 Å². The Bertz CT molecular complexity index is 558. The fourth-order valence-corrected chi connectivity index (χ4v) is 2.98. The van der Waals surface area contributed by atoms with Crippen molar-refractivity contribution in [1.29, 1.82) is 0 Å². The van der Waals surface area contributed by atoms with E-state index in [1.54, 1.807) is 6.92 Å². The fraction of sp³-hybridized carbons (Fsp3) is 0.538. The number of carboxylic acid groups (broad SMARTS) is 1. The summed E-state index contributed by atoms with van der Waals surface area (Å²) in [6.45, 7) is 1.70. The van der Waals surface area contributed by atoms with Gasteiger partial charge in [0.15, 0.2) is 0 Å². The van der Waals surface area contributed by atoms with Gasteiger partial charge in [-0.2, -0.15) is 0 Å². The molecule has 21 heavy (non-hydrogen) atoms. The number of rotatable bonds is 3. The van der Waals surface area contributed by atoms with Crippen LogP contribution in [0, 0.1) is 6.92 Å². The standard InChI is InChI=1S/C13H15F2NO4S/c1-7-8(6-9(21-7)12(18)19)11(17)16-10-2-4-20-5-3-13(10,14)15/h6,10H,2-5H2,1H3,(H,16,17)(H,18,19). The van der Waals surface area contributed by atoms with Crippen LogP contribution in [0.15, 0.2) is 6.07 Å². The molecule has 0 spiro atoms. The first-order valence-electron chi connectivity index (χ1n) is 6.41. The highest BCUT2D eigenvalue weighted by Crippen LogP contribution is 2.29. The maximum Gasteiger partial charge on any atom is 0.345 e. The zero-order valence-electron chi connectivity index (χ0n) is 11.3. The average molecular weight is 319 g/mol. The van der Waals surface area contributed by atoms with Gasteiger partial charge in [0.2, 0.25) is 0 Å². The minimum Gasteiger partial charge on any atom is -0.477 e. The molecule has 1 aliphatic heterocycles. The molecule has 1 saturated heterocycles. The van der Waals surface area contributed by atoms with Gasteiger partial charge >= 0.3 is 5.97 Å². The fourth-order valence-electron chi connectivity index (χ4n) is 2.12. The van der Waals surface area contributed by atoms with E-state index in [1.807, 2.05) is 0 Å². The molecule has 116 valence electrons. The molecule has 0 aromatic carbocycles. The van der Waals surface area contributed by atoms with Crippen molar-refractivity contribution in [3.8, 4) is 0 Å². The third-order valence-electron chi connectivity index (χ3n) is 3.32. The van der Waals surface area contributed by atoms with E-state index in [4.69, 9.17) is 9.84 Å². The number of aromatic carboxylic acids is 1.